The van der Waals surface area contributed by atoms with E-state index in [0.29, 0.717) is 18.4 Å². The van der Waals surface area contributed by atoms with Crippen molar-refractivity contribution < 1.29 is 9.53 Å². The van der Waals surface area contributed by atoms with E-state index in [0.717, 1.165) is 19.4 Å². The molecule has 1 aliphatic heterocycles. The lowest BCUT2D eigenvalue weighted by Gasteiger charge is -2.26. The zero-order chi connectivity index (χ0) is 13.7. The van der Waals surface area contributed by atoms with Gasteiger partial charge in [0.1, 0.15) is 6.61 Å². The maximum atomic E-state index is 11.7. The van der Waals surface area contributed by atoms with Crippen molar-refractivity contribution >= 4 is 5.97 Å². The zero-order valence-corrected chi connectivity index (χ0v) is 11.7. The van der Waals surface area contributed by atoms with Gasteiger partial charge in [0, 0.05) is 18.9 Å². The van der Waals surface area contributed by atoms with Gasteiger partial charge < -0.3 is 4.74 Å². The Kier molecular flexibility index (Phi) is 4.77. The van der Waals surface area contributed by atoms with Crippen molar-refractivity contribution in [1.82, 2.24) is 9.78 Å². The molecule has 2 rings (SSSR count). The number of aromatic nitrogens is 2. The van der Waals surface area contributed by atoms with Crippen molar-refractivity contribution in [3.63, 3.8) is 0 Å². The molecule has 3 unspecified atom stereocenters. The average molecular weight is 262 g/mol. The second kappa shape index (κ2) is 6.55. The van der Waals surface area contributed by atoms with Gasteiger partial charge in [-0.05, 0) is 24.3 Å². The summed E-state index contributed by atoms with van der Waals surface area (Å²) in [4.78, 5) is 11.7. The number of hydrogen-bond acceptors (Lipinski definition) is 3. The maximum Gasteiger partial charge on any atom is 0.313 e. The summed E-state index contributed by atoms with van der Waals surface area (Å²) in [5, 5.41) is 4.27. The summed E-state index contributed by atoms with van der Waals surface area (Å²) >= 11 is 0. The molecular weight excluding hydrogens is 240 g/mol. The van der Waals surface area contributed by atoms with Crippen molar-refractivity contribution in [2.75, 3.05) is 6.61 Å². The third-order valence-electron chi connectivity index (χ3n) is 3.98. The lowest BCUT2D eigenvalue weighted by molar-refractivity contribution is -0.147. The van der Waals surface area contributed by atoms with Gasteiger partial charge in [0.25, 0.3) is 0 Å². The Morgan fingerprint density at radius 1 is 1.58 bits per heavy atom. The van der Waals surface area contributed by atoms with Gasteiger partial charge in [-0.25, -0.2) is 0 Å². The van der Waals surface area contributed by atoms with Crippen LogP contribution < -0.4 is 0 Å². The van der Waals surface area contributed by atoms with Gasteiger partial charge in [-0.15, -0.1) is 0 Å². The van der Waals surface area contributed by atoms with E-state index in [1.165, 1.54) is 0 Å². The van der Waals surface area contributed by atoms with Crippen LogP contribution in [0.1, 0.15) is 26.7 Å². The van der Waals surface area contributed by atoms with E-state index >= 15 is 0 Å². The standard InChI is InChI=1S/C15H22N2O2/c1-3-12(2)14(11-17-8-5-7-16-17)10-13-6-4-9-19-15(13)18/h4-8,12-14H,3,9-11H2,1-2H3. The normalized spacial score (nSPS) is 22.0. The number of cyclic esters (lactones) is 1. The number of nitrogens with zero attached hydrogens (tertiary/aromatic N) is 2. The first-order valence-electron chi connectivity index (χ1n) is 7.01. The van der Waals surface area contributed by atoms with Crippen LogP contribution in [0, 0.1) is 17.8 Å². The molecule has 104 valence electrons. The van der Waals surface area contributed by atoms with Crippen LogP contribution in [0.15, 0.2) is 30.6 Å². The van der Waals surface area contributed by atoms with Gasteiger partial charge in [-0.1, -0.05) is 32.4 Å². The monoisotopic (exact) mass is 262 g/mol. The molecule has 1 aliphatic rings. The summed E-state index contributed by atoms with van der Waals surface area (Å²) in [6.07, 6.45) is 9.65. The number of rotatable bonds is 6. The van der Waals surface area contributed by atoms with E-state index in [9.17, 15) is 4.79 Å². The van der Waals surface area contributed by atoms with Crippen LogP contribution in [0.4, 0.5) is 0 Å². The molecule has 0 N–H and O–H groups in total. The second-order valence-corrected chi connectivity index (χ2v) is 5.27. The maximum absolute atomic E-state index is 11.7. The molecule has 0 aromatic carbocycles. The summed E-state index contributed by atoms with van der Waals surface area (Å²) in [6.45, 7) is 5.71. The molecule has 0 saturated heterocycles. The van der Waals surface area contributed by atoms with E-state index in [1.54, 1.807) is 6.20 Å². The summed E-state index contributed by atoms with van der Waals surface area (Å²) < 4.78 is 7.04. The quantitative estimate of drug-likeness (QED) is 0.585. The van der Waals surface area contributed by atoms with Crippen LogP contribution in [0.5, 0.6) is 0 Å². The number of ether oxygens (including phenoxy) is 1. The molecule has 1 aromatic heterocycles. The van der Waals surface area contributed by atoms with E-state index in [2.05, 4.69) is 18.9 Å². The lowest BCUT2D eigenvalue weighted by Crippen LogP contribution is -2.27. The smallest absolute Gasteiger partial charge is 0.313 e. The Hall–Kier alpha value is -1.58. The Morgan fingerprint density at radius 3 is 3.05 bits per heavy atom. The van der Waals surface area contributed by atoms with E-state index in [4.69, 9.17) is 4.74 Å². The molecule has 3 atom stereocenters. The molecule has 1 aromatic rings. The molecule has 4 nitrogen and oxygen atoms in total. The summed E-state index contributed by atoms with van der Waals surface area (Å²) in [5.41, 5.74) is 0. The SMILES string of the molecule is CCC(C)C(CC1C=CCOC1=O)Cn1cccn1. The van der Waals surface area contributed by atoms with E-state index in [-0.39, 0.29) is 11.9 Å². The Balaban J connectivity index is 2.03. The van der Waals surface area contributed by atoms with Crippen molar-refractivity contribution in [2.24, 2.45) is 17.8 Å². The largest absolute Gasteiger partial charge is 0.461 e. The van der Waals surface area contributed by atoms with Crippen LogP contribution >= 0.6 is 0 Å². The predicted octanol–water partition coefficient (Wildman–Crippen LogP) is 2.66. The van der Waals surface area contributed by atoms with Crippen molar-refractivity contribution in [3.8, 4) is 0 Å². The molecule has 19 heavy (non-hydrogen) atoms. The van der Waals surface area contributed by atoms with Crippen molar-refractivity contribution in [1.29, 1.82) is 0 Å². The minimum absolute atomic E-state index is 0.0868. The third-order valence-corrected chi connectivity index (χ3v) is 3.98. The van der Waals surface area contributed by atoms with Crippen LogP contribution in [0.2, 0.25) is 0 Å². The highest BCUT2D eigenvalue weighted by atomic mass is 16.5. The van der Waals surface area contributed by atoms with Gasteiger partial charge in [0.2, 0.25) is 0 Å². The predicted molar refractivity (Wildman–Crippen MR) is 73.4 cm³/mol. The second-order valence-electron chi connectivity index (χ2n) is 5.27. The molecular formula is C15H22N2O2. The molecule has 0 spiro atoms. The average Bonchev–Trinajstić information content (AvgIpc) is 2.92. The van der Waals surface area contributed by atoms with Crippen LogP contribution in [0.3, 0.4) is 0 Å². The molecule has 0 amide bonds. The van der Waals surface area contributed by atoms with Crippen LogP contribution in [-0.4, -0.2) is 22.4 Å². The fourth-order valence-electron chi connectivity index (χ4n) is 2.51. The molecule has 0 saturated carbocycles. The van der Waals surface area contributed by atoms with Crippen LogP contribution in [-0.2, 0) is 16.1 Å². The first kappa shape index (κ1) is 13.8. The summed E-state index contributed by atoms with van der Waals surface area (Å²) in [6, 6.07) is 1.93. The van der Waals surface area contributed by atoms with Gasteiger partial charge in [0.05, 0.1) is 5.92 Å². The highest BCUT2D eigenvalue weighted by Gasteiger charge is 2.26. The van der Waals surface area contributed by atoms with Gasteiger partial charge >= 0.3 is 5.97 Å². The minimum Gasteiger partial charge on any atom is -0.461 e. The number of esters is 1. The summed E-state index contributed by atoms with van der Waals surface area (Å²) in [7, 11) is 0. The zero-order valence-electron chi connectivity index (χ0n) is 11.7. The highest BCUT2D eigenvalue weighted by Crippen LogP contribution is 2.27. The third kappa shape index (κ3) is 3.69. The molecule has 2 heterocycles. The lowest BCUT2D eigenvalue weighted by atomic mass is 9.83. The van der Waals surface area contributed by atoms with Crippen LogP contribution in [0.25, 0.3) is 0 Å². The Bertz CT molecular complexity index is 425. The molecule has 0 aliphatic carbocycles. The first-order chi connectivity index (χ1) is 9.20. The number of carbonyl (C=O) groups excluding carboxylic acids is 1. The molecule has 0 fully saturated rings. The van der Waals surface area contributed by atoms with Gasteiger partial charge in [-0.3, -0.25) is 9.48 Å². The Morgan fingerprint density at radius 2 is 2.42 bits per heavy atom. The van der Waals surface area contributed by atoms with Crippen molar-refractivity contribution in [3.05, 3.63) is 30.6 Å². The minimum atomic E-state index is -0.0942. The topological polar surface area (TPSA) is 44.1 Å². The molecule has 0 bridgehead atoms. The van der Waals surface area contributed by atoms with Gasteiger partial charge in [0.15, 0.2) is 0 Å². The van der Waals surface area contributed by atoms with E-state index in [1.807, 2.05) is 29.1 Å². The highest BCUT2D eigenvalue weighted by molar-refractivity contribution is 5.75. The van der Waals surface area contributed by atoms with E-state index < -0.39 is 0 Å². The summed E-state index contributed by atoms with van der Waals surface area (Å²) in [5.74, 6) is 0.817. The first-order valence-corrected chi connectivity index (χ1v) is 7.01. The van der Waals surface area contributed by atoms with Gasteiger partial charge in [-0.2, -0.15) is 5.10 Å². The fourth-order valence-corrected chi connectivity index (χ4v) is 2.51. The number of hydrogen-bond donors (Lipinski definition) is 0. The fraction of sp³-hybridized carbons (Fsp3) is 0.600. The molecule has 0 radical (unpaired) electrons. The van der Waals surface area contributed by atoms with Crippen molar-refractivity contribution in [2.45, 2.75) is 33.2 Å². The number of carbonyl (C=O) groups is 1. The molecule has 4 heteroatoms. The Labute approximate surface area is 114 Å².